The predicted molar refractivity (Wildman–Crippen MR) is 70.2 cm³/mol. The third kappa shape index (κ3) is 3.57. The molecule has 1 aromatic carbocycles. The lowest BCUT2D eigenvalue weighted by molar-refractivity contribution is -0.137. The molecular formula is C15H20NO2. The minimum absolute atomic E-state index is 0.170. The highest BCUT2D eigenvalue weighted by atomic mass is 16.5. The largest absolute Gasteiger partial charge is 0.425 e. The second-order valence-electron chi connectivity index (χ2n) is 4.96. The molecule has 18 heavy (non-hydrogen) atoms. The molecule has 1 aliphatic carbocycles. The Labute approximate surface area is 108 Å². The van der Waals surface area contributed by atoms with E-state index in [1.165, 1.54) is 12.8 Å². The van der Waals surface area contributed by atoms with Crippen LogP contribution in [-0.4, -0.2) is 12.0 Å². The van der Waals surface area contributed by atoms with Gasteiger partial charge < -0.3 is 4.74 Å². The van der Waals surface area contributed by atoms with Crippen LogP contribution < -0.4 is 10.5 Å². The fraction of sp³-hybridized carbons (Fsp3) is 0.533. The van der Waals surface area contributed by atoms with Gasteiger partial charge in [-0.15, -0.1) is 0 Å². The first kappa shape index (κ1) is 13.1. The zero-order chi connectivity index (χ0) is 12.8. The molecule has 0 bridgehead atoms. The van der Waals surface area contributed by atoms with Gasteiger partial charge in [-0.05, 0) is 30.9 Å². The number of benzene rings is 1. The monoisotopic (exact) mass is 246 g/mol. The van der Waals surface area contributed by atoms with E-state index in [-0.39, 0.29) is 5.92 Å². The van der Waals surface area contributed by atoms with E-state index >= 15 is 0 Å². The van der Waals surface area contributed by atoms with Gasteiger partial charge in [0, 0.05) is 0 Å². The van der Waals surface area contributed by atoms with Crippen LogP contribution in [0.4, 0.5) is 0 Å². The minimum atomic E-state index is -0.733. The van der Waals surface area contributed by atoms with Gasteiger partial charge in [-0.2, -0.15) is 0 Å². The van der Waals surface area contributed by atoms with E-state index in [1.807, 2.05) is 18.2 Å². The van der Waals surface area contributed by atoms with Crippen LogP contribution in [-0.2, 0) is 4.79 Å². The summed E-state index contributed by atoms with van der Waals surface area (Å²) in [4.78, 5) is 11.9. The Morgan fingerprint density at radius 3 is 2.33 bits per heavy atom. The van der Waals surface area contributed by atoms with Crippen molar-refractivity contribution in [3.8, 4) is 5.75 Å². The summed E-state index contributed by atoms with van der Waals surface area (Å²) in [6.45, 7) is 0. The molecule has 0 heterocycles. The smallest absolute Gasteiger partial charge is 0.330 e. The van der Waals surface area contributed by atoms with Gasteiger partial charge in [0.1, 0.15) is 11.8 Å². The predicted octanol–water partition coefficient (Wildman–Crippen LogP) is 3.21. The molecule has 1 fully saturated rings. The van der Waals surface area contributed by atoms with E-state index in [4.69, 9.17) is 10.5 Å². The van der Waals surface area contributed by atoms with Crippen molar-refractivity contribution in [2.24, 2.45) is 5.92 Å². The number of para-hydroxylation sites is 1. The fourth-order valence-electron chi connectivity index (χ4n) is 2.50. The van der Waals surface area contributed by atoms with Gasteiger partial charge in [0.25, 0.3) is 0 Å². The van der Waals surface area contributed by atoms with Crippen LogP contribution in [0.25, 0.3) is 0 Å². The highest BCUT2D eigenvalue weighted by Gasteiger charge is 2.27. The summed E-state index contributed by atoms with van der Waals surface area (Å²) < 4.78 is 5.24. The Bertz CT molecular complexity index is 369. The Morgan fingerprint density at radius 2 is 1.72 bits per heavy atom. The van der Waals surface area contributed by atoms with Crippen molar-refractivity contribution in [2.45, 2.75) is 44.6 Å². The average molecular weight is 246 g/mol. The van der Waals surface area contributed by atoms with E-state index in [9.17, 15) is 4.79 Å². The van der Waals surface area contributed by atoms with Gasteiger partial charge in [0.15, 0.2) is 0 Å². The molecule has 1 atom stereocenters. The molecule has 1 saturated carbocycles. The molecule has 1 aliphatic rings. The summed E-state index contributed by atoms with van der Waals surface area (Å²) >= 11 is 0. The number of hydrogen-bond acceptors (Lipinski definition) is 2. The van der Waals surface area contributed by atoms with Crippen molar-refractivity contribution in [1.29, 1.82) is 0 Å². The molecule has 0 saturated heterocycles. The first-order valence-electron chi connectivity index (χ1n) is 6.75. The van der Waals surface area contributed by atoms with Gasteiger partial charge in [-0.1, -0.05) is 43.9 Å². The van der Waals surface area contributed by atoms with Gasteiger partial charge in [0.05, 0.1) is 0 Å². The van der Waals surface area contributed by atoms with Crippen LogP contribution >= 0.6 is 0 Å². The summed E-state index contributed by atoms with van der Waals surface area (Å²) in [6.07, 6.45) is 6.71. The summed E-state index contributed by atoms with van der Waals surface area (Å²) in [6, 6.07) is 8.29. The standard InChI is InChI=1S/C15H20NO2/c16-14(12-8-4-1-2-5-9-12)15(17)18-13-10-6-3-7-11-13/h3,6-7,10-12,14,16H,1-2,4-5,8-9H2. The number of ether oxygens (including phenoxy) is 1. The van der Waals surface area contributed by atoms with E-state index in [0.29, 0.717) is 5.75 Å². The lowest BCUT2D eigenvalue weighted by atomic mass is 9.92. The molecule has 1 unspecified atom stereocenters. The Kier molecular flexibility index (Phi) is 4.76. The van der Waals surface area contributed by atoms with Crippen molar-refractivity contribution in [3.63, 3.8) is 0 Å². The van der Waals surface area contributed by atoms with Crippen molar-refractivity contribution >= 4 is 5.97 Å². The van der Waals surface area contributed by atoms with Crippen molar-refractivity contribution < 1.29 is 9.53 Å². The Morgan fingerprint density at radius 1 is 1.11 bits per heavy atom. The molecule has 1 radical (unpaired) electrons. The van der Waals surface area contributed by atoms with Crippen LogP contribution in [0.15, 0.2) is 30.3 Å². The Hall–Kier alpha value is -1.35. The van der Waals surface area contributed by atoms with Gasteiger partial charge in [0.2, 0.25) is 0 Å². The second kappa shape index (κ2) is 6.55. The van der Waals surface area contributed by atoms with Crippen molar-refractivity contribution in [1.82, 2.24) is 5.73 Å². The van der Waals surface area contributed by atoms with Crippen LogP contribution in [0.2, 0.25) is 0 Å². The maximum Gasteiger partial charge on any atom is 0.330 e. The topological polar surface area (TPSA) is 50.1 Å². The highest BCUT2D eigenvalue weighted by Crippen LogP contribution is 2.26. The van der Waals surface area contributed by atoms with Gasteiger partial charge in [-0.25, -0.2) is 10.5 Å². The van der Waals surface area contributed by atoms with E-state index in [2.05, 4.69) is 0 Å². The summed E-state index contributed by atoms with van der Waals surface area (Å²) in [5.74, 6) is 0.296. The number of nitrogens with one attached hydrogen (secondary N) is 1. The first-order valence-corrected chi connectivity index (χ1v) is 6.75. The highest BCUT2D eigenvalue weighted by molar-refractivity contribution is 5.78. The summed E-state index contributed by atoms with van der Waals surface area (Å²) in [7, 11) is 0. The van der Waals surface area contributed by atoms with Crippen molar-refractivity contribution in [2.75, 3.05) is 0 Å². The molecular weight excluding hydrogens is 226 g/mol. The molecule has 0 amide bonds. The van der Waals surface area contributed by atoms with E-state index < -0.39 is 12.0 Å². The van der Waals surface area contributed by atoms with Crippen LogP contribution in [0, 0.1) is 5.92 Å². The maximum absolute atomic E-state index is 11.9. The third-order valence-corrected chi connectivity index (χ3v) is 3.59. The first-order chi connectivity index (χ1) is 8.77. The molecule has 3 heteroatoms. The number of hydrogen-bond donors (Lipinski definition) is 0. The van der Waals surface area contributed by atoms with Crippen LogP contribution in [0.1, 0.15) is 38.5 Å². The molecule has 97 valence electrons. The molecule has 0 aliphatic heterocycles. The average Bonchev–Trinajstić information content (AvgIpc) is 2.68. The van der Waals surface area contributed by atoms with E-state index in [0.717, 1.165) is 25.7 Å². The molecule has 0 spiro atoms. The number of carbonyl (C=O) groups excluding carboxylic acids is 1. The molecule has 1 N–H and O–H groups in total. The quantitative estimate of drug-likeness (QED) is 0.467. The summed E-state index contributed by atoms with van der Waals surface area (Å²) in [5.41, 5.74) is 8.04. The SMILES string of the molecule is [NH]C(C(=O)Oc1ccccc1)C1CCCCCC1. The van der Waals surface area contributed by atoms with Crippen LogP contribution in [0.5, 0.6) is 5.75 Å². The minimum Gasteiger partial charge on any atom is -0.425 e. The second-order valence-corrected chi connectivity index (χ2v) is 4.96. The zero-order valence-electron chi connectivity index (χ0n) is 10.6. The van der Waals surface area contributed by atoms with Crippen molar-refractivity contribution in [3.05, 3.63) is 30.3 Å². The van der Waals surface area contributed by atoms with Gasteiger partial charge >= 0.3 is 5.97 Å². The number of rotatable bonds is 3. The fourth-order valence-corrected chi connectivity index (χ4v) is 2.50. The van der Waals surface area contributed by atoms with Gasteiger partial charge in [-0.3, -0.25) is 0 Å². The lowest BCUT2D eigenvalue weighted by Gasteiger charge is -2.19. The summed E-state index contributed by atoms with van der Waals surface area (Å²) in [5, 5.41) is 0. The number of esters is 1. The normalized spacial score (nSPS) is 18.9. The molecule has 1 aromatic rings. The molecule has 0 aromatic heterocycles. The third-order valence-electron chi connectivity index (χ3n) is 3.59. The molecule has 3 nitrogen and oxygen atoms in total. The molecule has 2 rings (SSSR count). The Balaban J connectivity index is 1.91. The number of carbonyl (C=O) groups is 1. The van der Waals surface area contributed by atoms with Crippen LogP contribution in [0.3, 0.4) is 0 Å². The zero-order valence-corrected chi connectivity index (χ0v) is 10.6. The lowest BCUT2D eigenvalue weighted by Crippen LogP contribution is -2.34. The maximum atomic E-state index is 11.9. The van der Waals surface area contributed by atoms with E-state index in [1.54, 1.807) is 12.1 Å².